The number of benzene rings is 1. The van der Waals surface area contributed by atoms with Crippen LogP contribution >= 0.6 is 0 Å². The summed E-state index contributed by atoms with van der Waals surface area (Å²) in [7, 11) is 1.67. The molecule has 1 saturated carbocycles. The molecular formula is C13H16FNO2. The second kappa shape index (κ2) is 4.84. The Balaban J connectivity index is 1.96. The lowest BCUT2D eigenvalue weighted by atomic mass is 9.89. The summed E-state index contributed by atoms with van der Waals surface area (Å²) in [6, 6.07) is 4.37. The summed E-state index contributed by atoms with van der Waals surface area (Å²) >= 11 is 0. The second-order valence-corrected chi connectivity index (χ2v) is 4.46. The van der Waals surface area contributed by atoms with Crippen molar-refractivity contribution in [3.05, 3.63) is 35.1 Å². The highest BCUT2D eigenvalue weighted by atomic mass is 19.1. The summed E-state index contributed by atoms with van der Waals surface area (Å²) in [6.07, 6.45) is 1.96. The van der Waals surface area contributed by atoms with E-state index in [2.05, 4.69) is 5.32 Å². The smallest absolute Gasteiger partial charge is 0.251 e. The van der Waals surface area contributed by atoms with E-state index in [0.29, 0.717) is 11.1 Å². The van der Waals surface area contributed by atoms with Crippen LogP contribution in [-0.2, 0) is 4.74 Å². The molecule has 2 rings (SSSR count). The zero-order valence-electron chi connectivity index (χ0n) is 10.00. The summed E-state index contributed by atoms with van der Waals surface area (Å²) in [5, 5.41) is 2.92. The Morgan fingerprint density at radius 3 is 2.76 bits per heavy atom. The third-order valence-electron chi connectivity index (χ3n) is 3.20. The van der Waals surface area contributed by atoms with Gasteiger partial charge >= 0.3 is 0 Å². The topological polar surface area (TPSA) is 38.3 Å². The van der Waals surface area contributed by atoms with Gasteiger partial charge in [0.25, 0.3) is 5.91 Å². The number of ether oxygens (including phenoxy) is 1. The van der Waals surface area contributed by atoms with Crippen molar-refractivity contribution in [2.75, 3.05) is 7.11 Å². The molecule has 0 saturated heterocycles. The number of rotatable bonds is 3. The van der Waals surface area contributed by atoms with Gasteiger partial charge in [-0.1, -0.05) is 0 Å². The summed E-state index contributed by atoms with van der Waals surface area (Å²) < 4.78 is 18.0. The van der Waals surface area contributed by atoms with Crippen molar-refractivity contribution in [2.24, 2.45) is 0 Å². The first-order valence-electron chi connectivity index (χ1n) is 5.70. The molecule has 0 aromatic heterocycles. The van der Waals surface area contributed by atoms with Crippen molar-refractivity contribution in [3.63, 3.8) is 0 Å². The Labute approximate surface area is 100.0 Å². The highest BCUT2D eigenvalue weighted by Crippen LogP contribution is 2.23. The normalized spacial score (nSPS) is 23.0. The maximum absolute atomic E-state index is 12.9. The van der Waals surface area contributed by atoms with E-state index >= 15 is 0 Å². The van der Waals surface area contributed by atoms with Gasteiger partial charge in [0.1, 0.15) is 5.82 Å². The summed E-state index contributed by atoms with van der Waals surface area (Å²) in [6.45, 7) is 1.73. The minimum atomic E-state index is -0.317. The zero-order valence-corrected chi connectivity index (χ0v) is 10.00. The predicted octanol–water partition coefficient (Wildman–Crippen LogP) is 2.04. The van der Waals surface area contributed by atoms with Gasteiger partial charge in [0.05, 0.1) is 6.10 Å². The first kappa shape index (κ1) is 12.0. The van der Waals surface area contributed by atoms with Crippen LogP contribution in [0.15, 0.2) is 18.2 Å². The highest BCUT2D eigenvalue weighted by Gasteiger charge is 2.30. The highest BCUT2D eigenvalue weighted by molar-refractivity contribution is 5.95. The number of halogens is 1. The molecule has 3 nitrogen and oxygen atoms in total. The summed E-state index contributed by atoms with van der Waals surface area (Å²) in [5.41, 5.74) is 1.19. The van der Waals surface area contributed by atoms with Crippen LogP contribution < -0.4 is 5.32 Å². The van der Waals surface area contributed by atoms with Crippen LogP contribution in [0.4, 0.5) is 4.39 Å². The van der Waals surface area contributed by atoms with E-state index in [1.54, 1.807) is 14.0 Å². The fourth-order valence-electron chi connectivity index (χ4n) is 2.02. The first-order chi connectivity index (χ1) is 8.10. The molecule has 1 fully saturated rings. The Hall–Kier alpha value is -1.42. The minimum absolute atomic E-state index is 0.137. The Kier molecular flexibility index (Phi) is 3.43. The van der Waals surface area contributed by atoms with E-state index in [9.17, 15) is 9.18 Å². The second-order valence-electron chi connectivity index (χ2n) is 4.46. The molecule has 1 aliphatic rings. The van der Waals surface area contributed by atoms with Gasteiger partial charge in [0, 0.05) is 18.7 Å². The minimum Gasteiger partial charge on any atom is -0.381 e. The van der Waals surface area contributed by atoms with Gasteiger partial charge < -0.3 is 10.1 Å². The molecule has 0 unspecified atom stereocenters. The molecule has 1 amide bonds. The molecule has 0 bridgehead atoms. The summed E-state index contributed by atoms with van der Waals surface area (Å²) in [4.78, 5) is 11.9. The number of hydrogen-bond acceptors (Lipinski definition) is 2. The van der Waals surface area contributed by atoms with Crippen molar-refractivity contribution in [1.29, 1.82) is 0 Å². The molecule has 1 aromatic carbocycles. The van der Waals surface area contributed by atoms with Crippen molar-refractivity contribution >= 4 is 5.91 Å². The van der Waals surface area contributed by atoms with Crippen LogP contribution in [0.2, 0.25) is 0 Å². The van der Waals surface area contributed by atoms with Crippen LogP contribution in [0.1, 0.15) is 28.8 Å². The van der Waals surface area contributed by atoms with Gasteiger partial charge in [-0.05, 0) is 43.5 Å². The number of carbonyl (C=O) groups is 1. The fourth-order valence-corrected chi connectivity index (χ4v) is 2.02. The lowest BCUT2D eigenvalue weighted by Crippen LogP contribution is -2.47. The largest absolute Gasteiger partial charge is 0.381 e. The van der Waals surface area contributed by atoms with E-state index in [1.807, 2.05) is 0 Å². The molecule has 1 aliphatic carbocycles. The van der Waals surface area contributed by atoms with E-state index in [4.69, 9.17) is 4.74 Å². The molecule has 17 heavy (non-hydrogen) atoms. The third kappa shape index (κ3) is 2.64. The number of hydrogen-bond donors (Lipinski definition) is 1. The zero-order chi connectivity index (χ0) is 12.4. The SMILES string of the molecule is COC1CC(NC(=O)c2ccc(F)cc2C)C1. The predicted molar refractivity (Wildman–Crippen MR) is 62.4 cm³/mol. The van der Waals surface area contributed by atoms with Gasteiger partial charge in [0.2, 0.25) is 0 Å². The van der Waals surface area contributed by atoms with Gasteiger partial charge in [-0.25, -0.2) is 4.39 Å². The van der Waals surface area contributed by atoms with Gasteiger partial charge in [0.15, 0.2) is 0 Å². The van der Waals surface area contributed by atoms with Crippen molar-refractivity contribution in [1.82, 2.24) is 5.32 Å². The third-order valence-corrected chi connectivity index (χ3v) is 3.20. The van der Waals surface area contributed by atoms with Crippen LogP contribution in [0.25, 0.3) is 0 Å². The number of amides is 1. The number of carbonyl (C=O) groups excluding carboxylic acids is 1. The maximum Gasteiger partial charge on any atom is 0.251 e. The van der Waals surface area contributed by atoms with Crippen LogP contribution in [0.3, 0.4) is 0 Å². The van der Waals surface area contributed by atoms with E-state index in [-0.39, 0.29) is 23.9 Å². The number of aryl methyl sites for hydroxylation is 1. The van der Waals surface area contributed by atoms with Gasteiger partial charge in [-0.3, -0.25) is 4.79 Å². The Morgan fingerprint density at radius 1 is 1.47 bits per heavy atom. The molecule has 4 heteroatoms. The quantitative estimate of drug-likeness (QED) is 0.873. The molecule has 0 atom stereocenters. The van der Waals surface area contributed by atoms with Crippen LogP contribution in [0.5, 0.6) is 0 Å². The monoisotopic (exact) mass is 237 g/mol. The number of methoxy groups -OCH3 is 1. The summed E-state index contributed by atoms with van der Waals surface area (Å²) in [5.74, 6) is -0.454. The standard InChI is InChI=1S/C13H16FNO2/c1-8-5-9(14)3-4-12(8)13(16)15-10-6-11(7-10)17-2/h3-5,10-11H,6-7H2,1-2H3,(H,15,16). The lowest BCUT2D eigenvalue weighted by molar-refractivity contribution is 0.0176. The molecule has 0 radical (unpaired) electrons. The van der Waals surface area contributed by atoms with Crippen molar-refractivity contribution < 1.29 is 13.9 Å². The number of nitrogens with one attached hydrogen (secondary N) is 1. The van der Waals surface area contributed by atoms with Crippen LogP contribution in [0, 0.1) is 12.7 Å². The molecule has 1 N–H and O–H groups in total. The average Bonchev–Trinajstić information content (AvgIpc) is 2.22. The van der Waals surface area contributed by atoms with E-state index in [1.165, 1.54) is 18.2 Å². The molecule has 92 valence electrons. The van der Waals surface area contributed by atoms with Crippen LogP contribution in [-0.4, -0.2) is 25.2 Å². The molecular weight excluding hydrogens is 221 g/mol. The first-order valence-corrected chi connectivity index (χ1v) is 5.70. The van der Waals surface area contributed by atoms with Crippen molar-refractivity contribution in [3.8, 4) is 0 Å². The molecule has 0 spiro atoms. The fraction of sp³-hybridized carbons (Fsp3) is 0.462. The van der Waals surface area contributed by atoms with E-state index in [0.717, 1.165) is 12.8 Å². The van der Waals surface area contributed by atoms with E-state index < -0.39 is 0 Å². The molecule has 0 heterocycles. The molecule has 1 aromatic rings. The molecule has 0 aliphatic heterocycles. The Morgan fingerprint density at radius 2 is 2.18 bits per heavy atom. The maximum atomic E-state index is 12.9. The Bertz CT molecular complexity index is 427. The van der Waals surface area contributed by atoms with Gasteiger partial charge in [-0.2, -0.15) is 0 Å². The lowest BCUT2D eigenvalue weighted by Gasteiger charge is -2.34. The van der Waals surface area contributed by atoms with Gasteiger partial charge in [-0.15, -0.1) is 0 Å². The van der Waals surface area contributed by atoms with Crippen molar-refractivity contribution in [2.45, 2.75) is 31.9 Å². The average molecular weight is 237 g/mol.